The molecule has 1 atom stereocenters. The highest BCUT2D eigenvalue weighted by Crippen LogP contribution is 2.21. The SMILES string of the molecule is CCCc1noc([C@@H]2CCCN2)n1. The summed E-state index contributed by atoms with van der Waals surface area (Å²) in [6, 6.07) is 0.304. The van der Waals surface area contributed by atoms with E-state index in [4.69, 9.17) is 4.52 Å². The third-order valence-electron chi connectivity index (χ3n) is 2.32. The molecule has 1 fully saturated rings. The summed E-state index contributed by atoms with van der Waals surface area (Å²) in [5.41, 5.74) is 0. The second kappa shape index (κ2) is 3.87. The van der Waals surface area contributed by atoms with E-state index in [-0.39, 0.29) is 0 Å². The Kier molecular flexibility index (Phi) is 2.59. The third-order valence-corrected chi connectivity index (χ3v) is 2.32. The minimum absolute atomic E-state index is 0.304. The van der Waals surface area contributed by atoms with Gasteiger partial charge in [0.2, 0.25) is 5.89 Å². The lowest BCUT2D eigenvalue weighted by Gasteiger charge is -2.01. The Labute approximate surface area is 77.7 Å². The lowest BCUT2D eigenvalue weighted by molar-refractivity contribution is 0.341. The van der Waals surface area contributed by atoms with Gasteiger partial charge in [0.25, 0.3) is 0 Å². The van der Waals surface area contributed by atoms with Crippen molar-refractivity contribution in [2.24, 2.45) is 0 Å². The van der Waals surface area contributed by atoms with Crippen LogP contribution in [0.4, 0.5) is 0 Å². The predicted molar refractivity (Wildman–Crippen MR) is 48.3 cm³/mol. The van der Waals surface area contributed by atoms with E-state index in [9.17, 15) is 0 Å². The molecule has 4 heteroatoms. The van der Waals surface area contributed by atoms with Crippen molar-refractivity contribution in [2.45, 2.75) is 38.6 Å². The minimum atomic E-state index is 0.304. The Morgan fingerprint density at radius 3 is 3.23 bits per heavy atom. The van der Waals surface area contributed by atoms with Crippen LogP contribution in [0.25, 0.3) is 0 Å². The fraction of sp³-hybridized carbons (Fsp3) is 0.778. The van der Waals surface area contributed by atoms with Gasteiger partial charge in [0.15, 0.2) is 5.82 Å². The van der Waals surface area contributed by atoms with Crippen LogP contribution in [-0.2, 0) is 6.42 Å². The molecule has 1 aromatic heterocycles. The summed E-state index contributed by atoms with van der Waals surface area (Å²) in [5, 5.41) is 7.26. The Morgan fingerprint density at radius 2 is 2.54 bits per heavy atom. The lowest BCUT2D eigenvalue weighted by Crippen LogP contribution is -2.13. The van der Waals surface area contributed by atoms with E-state index in [2.05, 4.69) is 22.4 Å². The molecule has 2 heterocycles. The Morgan fingerprint density at radius 1 is 1.62 bits per heavy atom. The molecule has 13 heavy (non-hydrogen) atoms. The fourth-order valence-electron chi connectivity index (χ4n) is 1.63. The smallest absolute Gasteiger partial charge is 0.243 e. The van der Waals surface area contributed by atoms with Gasteiger partial charge in [-0.2, -0.15) is 4.98 Å². The van der Waals surface area contributed by atoms with E-state index in [1.807, 2.05) is 0 Å². The summed E-state index contributed by atoms with van der Waals surface area (Å²) in [6.45, 7) is 3.18. The van der Waals surface area contributed by atoms with E-state index in [0.29, 0.717) is 6.04 Å². The fourth-order valence-corrected chi connectivity index (χ4v) is 1.63. The summed E-state index contributed by atoms with van der Waals surface area (Å²) in [5.74, 6) is 1.60. The molecule has 0 amide bonds. The number of aryl methyl sites for hydroxylation is 1. The summed E-state index contributed by atoms with van der Waals surface area (Å²) < 4.78 is 5.18. The standard InChI is InChI=1S/C9H15N3O/c1-2-4-8-11-9(13-12-8)7-5-3-6-10-7/h7,10H,2-6H2,1H3/t7-/m0/s1. The average molecular weight is 181 g/mol. The van der Waals surface area contributed by atoms with Gasteiger partial charge >= 0.3 is 0 Å². The van der Waals surface area contributed by atoms with Gasteiger partial charge in [-0.15, -0.1) is 0 Å². The van der Waals surface area contributed by atoms with Crippen LogP contribution in [0, 0.1) is 0 Å². The Bertz CT molecular complexity index is 266. The van der Waals surface area contributed by atoms with Crippen molar-refractivity contribution in [2.75, 3.05) is 6.54 Å². The molecular formula is C9H15N3O. The molecule has 0 saturated carbocycles. The van der Waals surface area contributed by atoms with Crippen molar-refractivity contribution < 1.29 is 4.52 Å². The van der Waals surface area contributed by atoms with Crippen LogP contribution >= 0.6 is 0 Å². The summed E-state index contributed by atoms with van der Waals surface area (Å²) in [4.78, 5) is 4.34. The van der Waals surface area contributed by atoms with Gasteiger partial charge in [-0.05, 0) is 25.8 Å². The van der Waals surface area contributed by atoms with Crippen molar-refractivity contribution >= 4 is 0 Å². The number of nitrogens with one attached hydrogen (secondary N) is 1. The van der Waals surface area contributed by atoms with E-state index >= 15 is 0 Å². The maximum Gasteiger partial charge on any atom is 0.243 e. The molecule has 0 spiro atoms. The van der Waals surface area contributed by atoms with Crippen LogP contribution in [-0.4, -0.2) is 16.7 Å². The molecule has 1 aliphatic heterocycles. The van der Waals surface area contributed by atoms with Crippen molar-refractivity contribution in [1.29, 1.82) is 0 Å². The van der Waals surface area contributed by atoms with Gasteiger partial charge in [-0.1, -0.05) is 12.1 Å². The Hall–Kier alpha value is -0.900. The zero-order valence-corrected chi connectivity index (χ0v) is 7.92. The van der Waals surface area contributed by atoms with Crippen LogP contribution < -0.4 is 5.32 Å². The predicted octanol–water partition coefficient (Wildman–Crippen LogP) is 1.45. The normalized spacial score (nSPS) is 22.4. The van der Waals surface area contributed by atoms with E-state index in [1.54, 1.807) is 0 Å². The van der Waals surface area contributed by atoms with Crippen molar-refractivity contribution in [3.63, 3.8) is 0 Å². The maximum absolute atomic E-state index is 5.18. The first kappa shape index (κ1) is 8.69. The molecule has 1 saturated heterocycles. The highest BCUT2D eigenvalue weighted by Gasteiger charge is 2.21. The molecule has 0 bridgehead atoms. The molecule has 0 radical (unpaired) electrons. The molecule has 2 rings (SSSR count). The number of aromatic nitrogens is 2. The first-order chi connectivity index (χ1) is 6.40. The first-order valence-electron chi connectivity index (χ1n) is 4.96. The molecular weight excluding hydrogens is 166 g/mol. The van der Waals surface area contributed by atoms with Gasteiger partial charge in [0.1, 0.15) is 0 Å². The van der Waals surface area contributed by atoms with Crippen molar-refractivity contribution in [3.8, 4) is 0 Å². The van der Waals surface area contributed by atoms with E-state index in [1.165, 1.54) is 6.42 Å². The second-order valence-electron chi connectivity index (χ2n) is 3.45. The summed E-state index contributed by atoms with van der Waals surface area (Å²) in [6.07, 6.45) is 4.30. The maximum atomic E-state index is 5.18. The van der Waals surface area contributed by atoms with Crippen LogP contribution in [0.1, 0.15) is 43.9 Å². The zero-order chi connectivity index (χ0) is 9.10. The second-order valence-corrected chi connectivity index (χ2v) is 3.45. The topological polar surface area (TPSA) is 51.0 Å². The monoisotopic (exact) mass is 181 g/mol. The lowest BCUT2D eigenvalue weighted by atomic mass is 10.2. The quantitative estimate of drug-likeness (QED) is 0.766. The number of hydrogen-bond acceptors (Lipinski definition) is 4. The van der Waals surface area contributed by atoms with Crippen LogP contribution in [0.2, 0.25) is 0 Å². The van der Waals surface area contributed by atoms with Gasteiger partial charge in [0, 0.05) is 6.42 Å². The number of nitrogens with zero attached hydrogens (tertiary/aromatic N) is 2. The van der Waals surface area contributed by atoms with Gasteiger partial charge in [-0.3, -0.25) is 0 Å². The van der Waals surface area contributed by atoms with E-state index in [0.717, 1.165) is 37.5 Å². The van der Waals surface area contributed by atoms with Crippen LogP contribution in [0.3, 0.4) is 0 Å². The van der Waals surface area contributed by atoms with Crippen molar-refractivity contribution in [1.82, 2.24) is 15.5 Å². The first-order valence-corrected chi connectivity index (χ1v) is 4.96. The van der Waals surface area contributed by atoms with Gasteiger partial charge < -0.3 is 9.84 Å². The zero-order valence-electron chi connectivity index (χ0n) is 7.92. The summed E-state index contributed by atoms with van der Waals surface area (Å²) >= 11 is 0. The highest BCUT2D eigenvalue weighted by molar-refractivity contribution is 4.95. The molecule has 1 aromatic rings. The number of hydrogen-bond donors (Lipinski definition) is 1. The molecule has 0 aliphatic carbocycles. The number of rotatable bonds is 3. The molecule has 72 valence electrons. The molecule has 1 aliphatic rings. The molecule has 0 unspecified atom stereocenters. The summed E-state index contributed by atoms with van der Waals surface area (Å²) in [7, 11) is 0. The largest absolute Gasteiger partial charge is 0.338 e. The molecule has 1 N–H and O–H groups in total. The highest BCUT2D eigenvalue weighted by atomic mass is 16.5. The van der Waals surface area contributed by atoms with Gasteiger partial charge in [-0.25, -0.2) is 0 Å². The van der Waals surface area contributed by atoms with Crippen molar-refractivity contribution in [3.05, 3.63) is 11.7 Å². The van der Waals surface area contributed by atoms with Crippen LogP contribution in [0.15, 0.2) is 4.52 Å². The Balaban J connectivity index is 2.03. The average Bonchev–Trinajstić information content (AvgIpc) is 2.70. The van der Waals surface area contributed by atoms with E-state index < -0.39 is 0 Å². The third kappa shape index (κ3) is 1.88. The van der Waals surface area contributed by atoms with Gasteiger partial charge in [0.05, 0.1) is 6.04 Å². The minimum Gasteiger partial charge on any atom is -0.338 e. The molecule has 4 nitrogen and oxygen atoms in total. The molecule has 0 aromatic carbocycles. The van der Waals surface area contributed by atoms with Crippen LogP contribution in [0.5, 0.6) is 0 Å².